The highest BCUT2D eigenvalue weighted by Crippen LogP contribution is 2.30. The molecule has 1 N–H and O–H groups in total. The number of ether oxygens (including phenoxy) is 1. The fourth-order valence-electron chi connectivity index (χ4n) is 2.47. The van der Waals surface area contributed by atoms with Crippen LogP contribution in [-0.2, 0) is 10.0 Å². The first-order chi connectivity index (χ1) is 12.4. The summed E-state index contributed by atoms with van der Waals surface area (Å²) in [6.45, 7) is 6.35. The van der Waals surface area contributed by atoms with Crippen LogP contribution in [0.2, 0.25) is 0 Å². The topological polar surface area (TPSA) is 88.6 Å². The molecule has 0 saturated carbocycles. The van der Waals surface area contributed by atoms with Crippen LogP contribution < -0.4 is 10.1 Å². The summed E-state index contributed by atoms with van der Waals surface area (Å²) in [4.78, 5) is 16.2. The lowest BCUT2D eigenvalue weighted by Crippen LogP contribution is -2.31. The monoisotopic (exact) mass is 377 g/mol. The highest BCUT2D eigenvalue weighted by atomic mass is 32.2. The van der Waals surface area contributed by atoms with Crippen LogP contribution in [0.1, 0.15) is 31.1 Å². The van der Waals surface area contributed by atoms with Crippen LogP contribution in [0, 0.1) is 0 Å². The van der Waals surface area contributed by atoms with E-state index in [4.69, 9.17) is 4.74 Å². The molecule has 1 aromatic heterocycles. The number of hydrogen-bond donors (Lipinski definition) is 1. The van der Waals surface area contributed by atoms with E-state index in [-0.39, 0.29) is 16.6 Å². The summed E-state index contributed by atoms with van der Waals surface area (Å²) in [6.07, 6.45) is 3.01. The van der Waals surface area contributed by atoms with Crippen LogP contribution in [-0.4, -0.2) is 43.3 Å². The molecule has 0 aliphatic rings. The summed E-state index contributed by atoms with van der Waals surface area (Å²) in [5.74, 6) is -0.104. The summed E-state index contributed by atoms with van der Waals surface area (Å²) in [5.41, 5.74) is 0.752. The van der Waals surface area contributed by atoms with Crippen LogP contribution in [0.15, 0.2) is 47.6 Å². The van der Waals surface area contributed by atoms with E-state index in [0.29, 0.717) is 30.9 Å². The fourth-order valence-corrected chi connectivity index (χ4v) is 4.08. The molecule has 0 saturated heterocycles. The number of pyridine rings is 1. The van der Waals surface area contributed by atoms with Crippen LogP contribution in [0.4, 0.5) is 5.69 Å². The third-order valence-electron chi connectivity index (χ3n) is 3.75. The average Bonchev–Trinajstić information content (AvgIpc) is 2.64. The maximum Gasteiger partial charge on any atom is 0.257 e. The van der Waals surface area contributed by atoms with Gasteiger partial charge in [-0.1, -0.05) is 13.8 Å². The summed E-state index contributed by atoms with van der Waals surface area (Å²) in [5, 5.41) is 2.70. The Bertz CT molecular complexity index is 850. The Morgan fingerprint density at radius 3 is 2.50 bits per heavy atom. The van der Waals surface area contributed by atoms with Crippen LogP contribution >= 0.6 is 0 Å². The molecule has 8 heteroatoms. The van der Waals surface area contributed by atoms with E-state index >= 15 is 0 Å². The minimum Gasteiger partial charge on any atom is -0.492 e. The van der Waals surface area contributed by atoms with Crippen LogP contribution in [0.25, 0.3) is 0 Å². The Hall–Kier alpha value is -2.45. The molecule has 1 aromatic carbocycles. The predicted molar refractivity (Wildman–Crippen MR) is 99.9 cm³/mol. The molecule has 0 aliphatic carbocycles. The third-order valence-corrected chi connectivity index (χ3v) is 5.82. The number of nitrogens with zero attached hydrogens (tertiary/aromatic N) is 2. The van der Waals surface area contributed by atoms with E-state index in [1.54, 1.807) is 51.2 Å². The van der Waals surface area contributed by atoms with Gasteiger partial charge in [0.1, 0.15) is 10.6 Å². The van der Waals surface area contributed by atoms with Gasteiger partial charge >= 0.3 is 0 Å². The van der Waals surface area contributed by atoms with Crippen molar-refractivity contribution in [3.8, 4) is 5.75 Å². The Balaban J connectivity index is 2.41. The van der Waals surface area contributed by atoms with E-state index in [2.05, 4.69) is 10.3 Å². The van der Waals surface area contributed by atoms with Crippen molar-refractivity contribution < 1.29 is 17.9 Å². The van der Waals surface area contributed by atoms with Crippen molar-refractivity contribution in [1.29, 1.82) is 0 Å². The molecule has 2 aromatic rings. The maximum absolute atomic E-state index is 12.9. The van der Waals surface area contributed by atoms with Crippen LogP contribution in [0.3, 0.4) is 0 Å². The van der Waals surface area contributed by atoms with Gasteiger partial charge in [-0.2, -0.15) is 4.31 Å². The lowest BCUT2D eigenvalue weighted by Gasteiger charge is -2.21. The molecular weight excluding hydrogens is 354 g/mol. The first-order valence-corrected chi connectivity index (χ1v) is 9.86. The molecule has 0 aliphatic heterocycles. The Morgan fingerprint density at radius 1 is 1.19 bits per heavy atom. The van der Waals surface area contributed by atoms with E-state index in [0.717, 1.165) is 0 Å². The molecule has 140 valence electrons. The molecule has 1 amide bonds. The minimum atomic E-state index is -3.73. The second kappa shape index (κ2) is 8.77. The SMILES string of the molecule is CCOc1ccc(NC(=O)c2cccnc2)cc1S(=O)(=O)N(CC)CC. The smallest absolute Gasteiger partial charge is 0.257 e. The molecule has 26 heavy (non-hydrogen) atoms. The predicted octanol–water partition coefficient (Wildman–Crippen LogP) is 2.76. The molecule has 7 nitrogen and oxygen atoms in total. The van der Waals surface area contributed by atoms with Gasteiger partial charge in [0.05, 0.1) is 12.2 Å². The van der Waals surface area contributed by atoms with Crippen molar-refractivity contribution in [2.45, 2.75) is 25.7 Å². The summed E-state index contributed by atoms with van der Waals surface area (Å²) < 4.78 is 32.7. The highest BCUT2D eigenvalue weighted by Gasteiger charge is 2.26. The summed E-state index contributed by atoms with van der Waals surface area (Å²) >= 11 is 0. The van der Waals surface area contributed by atoms with Crippen molar-refractivity contribution in [1.82, 2.24) is 9.29 Å². The highest BCUT2D eigenvalue weighted by molar-refractivity contribution is 7.89. The van der Waals surface area contributed by atoms with Crippen molar-refractivity contribution in [2.75, 3.05) is 25.0 Å². The second-order valence-corrected chi connectivity index (χ2v) is 7.29. The second-order valence-electron chi connectivity index (χ2n) is 5.38. The normalized spacial score (nSPS) is 11.4. The van der Waals surface area contributed by atoms with Gasteiger partial charge in [0.2, 0.25) is 10.0 Å². The van der Waals surface area contributed by atoms with E-state index in [1.165, 1.54) is 16.6 Å². The number of rotatable bonds is 8. The third kappa shape index (κ3) is 4.39. The number of carbonyl (C=O) groups excluding carboxylic acids is 1. The minimum absolute atomic E-state index is 0.0343. The van der Waals surface area contributed by atoms with Gasteiger partial charge < -0.3 is 10.1 Å². The molecule has 0 unspecified atom stereocenters. The van der Waals surface area contributed by atoms with Gasteiger partial charge in [0.25, 0.3) is 5.91 Å². The molecule has 0 spiro atoms. The fraction of sp³-hybridized carbons (Fsp3) is 0.333. The summed E-state index contributed by atoms with van der Waals surface area (Å²) in [7, 11) is -3.73. The lowest BCUT2D eigenvalue weighted by molar-refractivity contribution is 0.102. The van der Waals surface area contributed by atoms with Gasteiger partial charge in [-0.05, 0) is 37.3 Å². The largest absolute Gasteiger partial charge is 0.492 e. The average molecular weight is 377 g/mol. The van der Waals surface area contributed by atoms with E-state index < -0.39 is 10.0 Å². The first kappa shape index (κ1) is 19.9. The zero-order chi connectivity index (χ0) is 19.2. The Labute approximate surface area is 154 Å². The zero-order valence-corrected chi connectivity index (χ0v) is 15.9. The van der Waals surface area contributed by atoms with E-state index in [1.807, 2.05) is 0 Å². The maximum atomic E-state index is 12.9. The van der Waals surface area contributed by atoms with Gasteiger partial charge in [0.15, 0.2) is 0 Å². The van der Waals surface area contributed by atoms with Crippen molar-refractivity contribution in [3.05, 3.63) is 48.3 Å². The lowest BCUT2D eigenvalue weighted by atomic mass is 10.2. The van der Waals surface area contributed by atoms with Gasteiger partial charge in [-0.25, -0.2) is 8.42 Å². The Kier molecular flexibility index (Phi) is 6.70. The van der Waals surface area contributed by atoms with Crippen LogP contribution in [0.5, 0.6) is 5.75 Å². The number of benzene rings is 1. The van der Waals surface area contributed by atoms with Crippen molar-refractivity contribution in [3.63, 3.8) is 0 Å². The number of hydrogen-bond acceptors (Lipinski definition) is 5. The first-order valence-electron chi connectivity index (χ1n) is 8.42. The summed E-state index contributed by atoms with van der Waals surface area (Å²) in [6, 6.07) is 7.87. The molecule has 0 radical (unpaired) electrons. The molecule has 2 rings (SSSR count). The van der Waals surface area contributed by atoms with Gasteiger partial charge in [-0.3, -0.25) is 9.78 Å². The van der Waals surface area contributed by atoms with E-state index in [9.17, 15) is 13.2 Å². The number of nitrogens with one attached hydrogen (secondary N) is 1. The molecular formula is C18H23N3O4S. The zero-order valence-electron chi connectivity index (χ0n) is 15.1. The van der Waals surface area contributed by atoms with Crippen molar-refractivity contribution >= 4 is 21.6 Å². The van der Waals surface area contributed by atoms with Gasteiger partial charge in [-0.15, -0.1) is 0 Å². The number of carbonyl (C=O) groups is 1. The quantitative estimate of drug-likeness (QED) is 0.764. The molecule has 0 fully saturated rings. The number of sulfonamides is 1. The van der Waals surface area contributed by atoms with Crippen molar-refractivity contribution in [2.24, 2.45) is 0 Å². The standard InChI is InChI=1S/C18H23N3O4S/c1-4-21(5-2)26(23,24)17-12-15(9-10-16(17)25-6-3)20-18(22)14-8-7-11-19-13-14/h7-13H,4-6H2,1-3H3,(H,20,22). The number of anilines is 1. The molecule has 0 atom stereocenters. The van der Waals surface area contributed by atoms with Gasteiger partial charge in [0, 0.05) is 31.2 Å². The number of amides is 1. The number of aromatic nitrogens is 1. The Morgan fingerprint density at radius 2 is 1.92 bits per heavy atom. The molecule has 0 bridgehead atoms. The molecule has 1 heterocycles.